The summed E-state index contributed by atoms with van der Waals surface area (Å²) in [5.74, 6) is -0.875. The second-order valence-corrected chi connectivity index (χ2v) is 7.21. The van der Waals surface area contributed by atoms with Gasteiger partial charge in [-0.2, -0.15) is 0 Å². The molecule has 142 valence electrons. The Morgan fingerprint density at radius 2 is 1.69 bits per heavy atom. The molecule has 1 aliphatic carbocycles. The Labute approximate surface area is 153 Å². The lowest BCUT2D eigenvalue weighted by Gasteiger charge is -2.55. The van der Waals surface area contributed by atoms with Crippen molar-refractivity contribution in [3.8, 4) is 5.75 Å². The number of hydrogen-bond acceptors (Lipinski definition) is 5. The third-order valence-corrected chi connectivity index (χ3v) is 5.01. The first-order valence-electron chi connectivity index (χ1n) is 8.22. The predicted molar refractivity (Wildman–Crippen MR) is 96.8 cm³/mol. The minimum atomic E-state index is -1.39. The summed E-state index contributed by atoms with van der Waals surface area (Å²) in [6.45, 7) is 5.75. The molecule has 2 N–H and O–H groups in total. The molecule has 2 rings (SSSR count). The number of aromatic hydroxyl groups is 1. The number of carboxylic acid groups (broad SMARTS) is 1. The van der Waals surface area contributed by atoms with Gasteiger partial charge >= 0.3 is 5.97 Å². The van der Waals surface area contributed by atoms with Crippen LogP contribution in [0.1, 0.15) is 26.3 Å². The highest BCUT2D eigenvalue weighted by Crippen LogP contribution is 2.57. The second-order valence-electron chi connectivity index (χ2n) is 7.21. The first-order valence-corrected chi connectivity index (χ1v) is 8.22. The molecule has 0 bridgehead atoms. The Hall–Kier alpha value is -2.31. The Balaban J connectivity index is 3.01. The van der Waals surface area contributed by atoms with Gasteiger partial charge in [0.05, 0.1) is 12.7 Å². The predicted octanol–water partition coefficient (Wildman–Crippen LogP) is 3.22. The van der Waals surface area contributed by atoms with E-state index in [0.717, 1.165) is 0 Å². The number of para-hydroxylation sites is 1. The lowest BCUT2D eigenvalue weighted by Crippen LogP contribution is -2.63. The largest absolute Gasteiger partial charge is 0.508 e. The molecule has 0 heterocycles. The smallest absolute Gasteiger partial charge is 0.335 e. The number of hydrogen-bond donors (Lipinski definition) is 2. The van der Waals surface area contributed by atoms with Crippen LogP contribution in [0, 0.1) is 5.41 Å². The Morgan fingerprint density at radius 1 is 1.08 bits per heavy atom. The molecule has 1 aromatic rings. The summed E-state index contributed by atoms with van der Waals surface area (Å²) in [5.41, 5.74) is -2.84. The number of phenolic OH excluding ortho intramolecular Hbond substituents is 1. The number of aliphatic carboxylic acids is 1. The highest BCUT2D eigenvalue weighted by Gasteiger charge is 2.64. The van der Waals surface area contributed by atoms with Gasteiger partial charge < -0.3 is 24.4 Å². The van der Waals surface area contributed by atoms with Gasteiger partial charge in [-0.25, -0.2) is 4.79 Å². The molecule has 2 atom stereocenters. The number of rotatable bonds is 5. The molecular weight excluding hydrogens is 336 g/mol. The van der Waals surface area contributed by atoms with Gasteiger partial charge in [-0.3, -0.25) is 0 Å². The second kappa shape index (κ2) is 6.78. The summed E-state index contributed by atoms with van der Waals surface area (Å²) < 4.78 is 17.6. The lowest BCUT2D eigenvalue weighted by molar-refractivity contribution is -0.210. The van der Waals surface area contributed by atoms with Crippen LogP contribution in [0.4, 0.5) is 0 Å². The zero-order valence-corrected chi connectivity index (χ0v) is 16.0. The SMILES string of the molecule is COC1=CC(C(=O)O)=CC(OC)(C(C)(C)C)C1(OC)c1ccccc1O. The molecule has 2 unspecified atom stereocenters. The van der Waals surface area contributed by atoms with Crippen molar-refractivity contribution in [2.75, 3.05) is 21.3 Å². The molecule has 1 aromatic carbocycles. The van der Waals surface area contributed by atoms with Crippen molar-refractivity contribution < 1.29 is 29.2 Å². The van der Waals surface area contributed by atoms with Crippen LogP contribution < -0.4 is 0 Å². The summed E-state index contributed by atoms with van der Waals surface area (Å²) in [6, 6.07) is 6.72. The van der Waals surface area contributed by atoms with Crippen molar-refractivity contribution in [3.05, 3.63) is 53.3 Å². The van der Waals surface area contributed by atoms with E-state index >= 15 is 0 Å². The fourth-order valence-corrected chi connectivity index (χ4v) is 3.83. The van der Waals surface area contributed by atoms with Gasteiger partial charge in [-0.1, -0.05) is 39.0 Å². The van der Waals surface area contributed by atoms with E-state index in [1.807, 2.05) is 20.8 Å². The van der Waals surface area contributed by atoms with Crippen LogP contribution in [0.2, 0.25) is 0 Å². The quantitative estimate of drug-likeness (QED) is 0.837. The molecule has 0 aliphatic heterocycles. The lowest BCUT2D eigenvalue weighted by atomic mass is 9.60. The van der Waals surface area contributed by atoms with E-state index in [4.69, 9.17) is 14.2 Å². The third kappa shape index (κ3) is 2.61. The minimum Gasteiger partial charge on any atom is -0.508 e. The number of carbonyl (C=O) groups is 1. The van der Waals surface area contributed by atoms with Gasteiger partial charge in [0, 0.05) is 19.8 Å². The van der Waals surface area contributed by atoms with E-state index in [-0.39, 0.29) is 17.1 Å². The first kappa shape index (κ1) is 20.0. The van der Waals surface area contributed by atoms with Crippen LogP contribution in [0.3, 0.4) is 0 Å². The number of carboxylic acids is 1. The Morgan fingerprint density at radius 3 is 2.12 bits per heavy atom. The third-order valence-electron chi connectivity index (χ3n) is 5.01. The molecule has 1 aliphatic rings. The van der Waals surface area contributed by atoms with Gasteiger partial charge in [-0.05, 0) is 23.6 Å². The summed E-state index contributed by atoms with van der Waals surface area (Å²) in [4.78, 5) is 11.7. The topological polar surface area (TPSA) is 85.2 Å². The maximum absolute atomic E-state index is 11.7. The normalized spacial score (nSPS) is 26.1. The van der Waals surface area contributed by atoms with Crippen molar-refractivity contribution >= 4 is 5.97 Å². The zero-order valence-electron chi connectivity index (χ0n) is 16.0. The van der Waals surface area contributed by atoms with E-state index in [1.54, 1.807) is 24.3 Å². The number of phenols is 1. The van der Waals surface area contributed by atoms with E-state index in [1.165, 1.54) is 33.5 Å². The minimum absolute atomic E-state index is 0.00449. The number of ether oxygens (including phenoxy) is 3. The van der Waals surface area contributed by atoms with Gasteiger partial charge in [0.2, 0.25) is 0 Å². The van der Waals surface area contributed by atoms with Gasteiger partial charge in [0.25, 0.3) is 0 Å². The van der Waals surface area contributed by atoms with Gasteiger partial charge in [0.1, 0.15) is 17.1 Å². The standard InChI is InChI=1S/C20H26O6/c1-18(2,3)19(25-5)12-13(17(22)23)11-16(24-4)20(19,26-6)14-9-7-8-10-15(14)21/h7-12,21H,1-6H3,(H,22,23). The molecule has 26 heavy (non-hydrogen) atoms. The molecule has 6 nitrogen and oxygen atoms in total. The number of methoxy groups -OCH3 is 3. The average molecular weight is 362 g/mol. The molecular formula is C20H26O6. The van der Waals surface area contributed by atoms with Crippen molar-refractivity contribution in [1.82, 2.24) is 0 Å². The van der Waals surface area contributed by atoms with Crippen LogP contribution in [0.5, 0.6) is 5.75 Å². The fourth-order valence-electron chi connectivity index (χ4n) is 3.83. The summed E-state index contributed by atoms with van der Waals surface area (Å²) in [6.07, 6.45) is 2.94. The summed E-state index contributed by atoms with van der Waals surface area (Å²) in [5, 5.41) is 20.2. The molecule has 0 saturated carbocycles. The summed E-state index contributed by atoms with van der Waals surface area (Å²) >= 11 is 0. The molecule has 0 fully saturated rings. The van der Waals surface area contributed by atoms with E-state index in [2.05, 4.69) is 0 Å². The maximum Gasteiger partial charge on any atom is 0.335 e. The highest BCUT2D eigenvalue weighted by atomic mass is 16.6. The van der Waals surface area contributed by atoms with Gasteiger partial charge in [0.15, 0.2) is 5.60 Å². The van der Waals surface area contributed by atoms with Crippen LogP contribution in [0.25, 0.3) is 0 Å². The zero-order chi connectivity index (χ0) is 19.8. The fraction of sp³-hybridized carbons (Fsp3) is 0.450. The van der Waals surface area contributed by atoms with Gasteiger partial charge in [-0.15, -0.1) is 0 Å². The van der Waals surface area contributed by atoms with E-state index < -0.39 is 22.6 Å². The summed E-state index contributed by atoms with van der Waals surface area (Å²) in [7, 11) is 4.42. The first-order chi connectivity index (χ1) is 12.1. The highest BCUT2D eigenvalue weighted by molar-refractivity contribution is 5.91. The monoisotopic (exact) mass is 362 g/mol. The van der Waals surface area contributed by atoms with E-state index in [0.29, 0.717) is 5.56 Å². The Bertz CT molecular complexity index is 758. The molecule has 0 saturated heterocycles. The molecule has 0 spiro atoms. The molecule has 0 amide bonds. The van der Waals surface area contributed by atoms with Crippen molar-refractivity contribution in [2.24, 2.45) is 5.41 Å². The van der Waals surface area contributed by atoms with Crippen LogP contribution >= 0.6 is 0 Å². The maximum atomic E-state index is 11.7. The molecule has 6 heteroatoms. The number of benzene rings is 1. The Kier molecular flexibility index (Phi) is 5.21. The van der Waals surface area contributed by atoms with E-state index in [9.17, 15) is 15.0 Å². The van der Waals surface area contributed by atoms with Crippen LogP contribution in [0.15, 0.2) is 47.7 Å². The van der Waals surface area contributed by atoms with Crippen molar-refractivity contribution in [2.45, 2.75) is 32.0 Å². The van der Waals surface area contributed by atoms with Crippen LogP contribution in [-0.2, 0) is 24.6 Å². The van der Waals surface area contributed by atoms with Crippen LogP contribution in [-0.4, -0.2) is 43.1 Å². The molecule has 0 aromatic heterocycles. The molecule has 0 radical (unpaired) electrons. The van der Waals surface area contributed by atoms with Crippen molar-refractivity contribution in [3.63, 3.8) is 0 Å². The van der Waals surface area contributed by atoms with Crippen molar-refractivity contribution in [1.29, 1.82) is 0 Å². The average Bonchev–Trinajstić information content (AvgIpc) is 2.59.